The highest BCUT2D eigenvalue weighted by molar-refractivity contribution is 5.67. The Kier molecular flexibility index (Phi) is 3.32. The molecule has 0 aromatic heterocycles. The number of benzene rings is 2. The fraction of sp³-hybridized carbons (Fsp3) is 0.143. The third-order valence-corrected chi connectivity index (χ3v) is 2.60. The molecule has 0 saturated heterocycles. The minimum absolute atomic E-state index is 0.188. The predicted octanol–water partition coefficient (Wildman–Crippen LogP) is 2.99. The third-order valence-electron chi connectivity index (χ3n) is 2.60. The van der Waals surface area contributed by atoms with Crippen LogP contribution in [0.1, 0.15) is 5.56 Å². The van der Waals surface area contributed by atoms with Crippen LogP contribution in [0.5, 0.6) is 0 Å². The zero-order valence-electron chi connectivity index (χ0n) is 8.99. The molecule has 0 radical (unpaired) electrons. The van der Waals surface area contributed by atoms with Crippen LogP contribution in [-0.2, 0) is 6.42 Å². The normalized spacial score (nSPS) is 10.4. The highest BCUT2D eigenvalue weighted by Gasteiger charge is 2.07. The molecule has 2 aromatic rings. The Bertz CT molecular complexity index is 480. The molecule has 2 rings (SSSR count). The van der Waals surface area contributed by atoms with E-state index in [9.17, 15) is 4.39 Å². The average molecular weight is 215 g/mol. The third kappa shape index (κ3) is 2.12. The molecule has 82 valence electrons. The van der Waals surface area contributed by atoms with Crippen LogP contribution >= 0.6 is 0 Å². The summed E-state index contributed by atoms with van der Waals surface area (Å²) in [5.41, 5.74) is 8.23. The van der Waals surface area contributed by atoms with Gasteiger partial charge in [-0.15, -0.1) is 0 Å². The number of nitrogens with two attached hydrogens (primary N) is 1. The summed E-state index contributed by atoms with van der Waals surface area (Å²) in [5.74, 6) is -0.188. The van der Waals surface area contributed by atoms with E-state index in [0.29, 0.717) is 12.1 Å². The van der Waals surface area contributed by atoms with Gasteiger partial charge in [-0.05, 0) is 30.2 Å². The van der Waals surface area contributed by atoms with Crippen molar-refractivity contribution >= 4 is 0 Å². The molecule has 0 spiro atoms. The smallest absolute Gasteiger partial charge is 0.131 e. The van der Waals surface area contributed by atoms with Crippen LogP contribution in [0.3, 0.4) is 0 Å². The Morgan fingerprint density at radius 3 is 2.19 bits per heavy atom. The van der Waals surface area contributed by atoms with Crippen molar-refractivity contribution in [2.24, 2.45) is 5.73 Å². The van der Waals surface area contributed by atoms with Gasteiger partial charge >= 0.3 is 0 Å². The lowest BCUT2D eigenvalue weighted by molar-refractivity contribution is 0.631. The van der Waals surface area contributed by atoms with Crippen molar-refractivity contribution in [3.05, 3.63) is 59.9 Å². The molecule has 0 aliphatic heterocycles. The number of rotatable bonds is 3. The first-order valence-corrected chi connectivity index (χ1v) is 5.36. The van der Waals surface area contributed by atoms with E-state index in [2.05, 4.69) is 0 Å². The van der Waals surface area contributed by atoms with E-state index in [1.165, 1.54) is 6.07 Å². The standard InChI is InChI=1S/C14H14FN/c15-14-8-4-3-7-13(14)12-6-2-1-5-11(12)9-10-16/h1-8H,9-10,16H2. The van der Waals surface area contributed by atoms with E-state index in [1.54, 1.807) is 12.1 Å². The molecular weight excluding hydrogens is 201 g/mol. The summed E-state index contributed by atoms with van der Waals surface area (Å²) in [4.78, 5) is 0. The lowest BCUT2D eigenvalue weighted by Crippen LogP contribution is -2.04. The van der Waals surface area contributed by atoms with Crippen molar-refractivity contribution < 1.29 is 4.39 Å². The van der Waals surface area contributed by atoms with Gasteiger partial charge in [-0.2, -0.15) is 0 Å². The fourth-order valence-corrected chi connectivity index (χ4v) is 1.84. The summed E-state index contributed by atoms with van der Waals surface area (Å²) in [7, 11) is 0. The van der Waals surface area contributed by atoms with Gasteiger partial charge in [-0.25, -0.2) is 4.39 Å². The highest BCUT2D eigenvalue weighted by Crippen LogP contribution is 2.26. The molecule has 16 heavy (non-hydrogen) atoms. The zero-order valence-corrected chi connectivity index (χ0v) is 8.99. The van der Waals surface area contributed by atoms with Crippen molar-refractivity contribution in [1.82, 2.24) is 0 Å². The maximum atomic E-state index is 13.7. The zero-order chi connectivity index (χ0) is 11.4. The van der Waals surface area contributed by atoms with E-state index < -0.39 is 0 Å². The lowest BCUT2D eigenvalue weighted by atomic mass is 9.97. The molecule has 1 nitrogen and oxygen atoms in total. The van der Waals surface area contributed by atoms with Crippen molar-refractivity contribution in [2.75, 3.05) is 6.54 Å². The molecule has 0 unspecified atom stereocenters. The minimum atomic E-state index is -0.188. The van der Waals surface area contributed by atoms with Gasteiger partial charge < -0.3 is 5.73 Å². The molecule has 0 fully saturated rings. The Balaban J connectivity index is 2.51. The fourth-order valence-electron chi connectivity index (χ4n) is 1.84. The number of hydrogen-bond acceptors (Lipinski definition) is 1. The van der Waals surface area contributed by atoms with Crippen LogP contribution in [0.25, 0.3) is 11.1 Å². The summed E-state index contributed by atoms with van der Waals surface area (Å²) >= 11 is 0. The van der Waals surface area contributed by atoms with Crippen LogP contribution < -0.4 is 5.73 Å². The van der Waals surface area contributed by atoms with E-state index in [4.69, 9.17) is 5.73 Å². The van der Waals surface area contributed by atoms with E-state index in [1.807, 2.05) is 30.3 Å². The molecule has 0 atom stereocenters. The topological polar surface area (TPSA) is 26.0 Å². The molecule has 2 heteroatoms. The SMILES string of the molecule is NCCc1ccccc1-c1ccccc1F. The van der Waals surface area contributed by atoms with E-state index in [-0.39, 0.29) is 5.82 Å². The second-order valence-corrected chi connectivity index (χ2v) is 3.68. The molecule has 2 aromatic carbocycles. The first kappa shape index (κ1) is 10.8. The monoisotopic (exact) mass is 215 g/mol. The van der Waals surface area contributed by atoms with Crippen LogP contribution in [-0.4, -0.2) is 6.54 Å². The first-order chi connectivity index (χ1) is 7.83. The second kappa shape index (κ2) is 4.90. The van der Waals surface area contributed by atoms with Gasteiger partial charge in [-0.3, -0.25) is 0 Å². The summed E-state index contributed by atoms with van der Waals surface area (Å²) in [6, 6.07) is 14.6. The predicted molar refractivity (Wildman–Crippen MR) is 64.6 cm³/mol. The van der Waals surface area contributed by atoms with Gasteiger partial charge in [0.25, 0.3) is 0 Å². The quantitative estimate of drug-likeness (QED) is 0.836. The van der Waals surface area contributed by atoms with Gasteiger partial charge in [0.05, 0.1) is 0 Å². The second-order valence-electron chi connectivity index (χ2n) is 3.68. The van der Waals surface area contributed by atoms with Crippen molar-refractivity contribution in [3.63, 3.8) is 0 Å². The Labute approximate surface area is 94.7 Å². The first-order valence-electron chi connectivity index (χ1n) is 5.36. The van der Waals surface area contributed by atoms with E-state index in [0.717, 1.165) is 17.5 Å². The summed E-state index contributed by atoms with van der Waals surface area (Å²) in [6.45, 7) is 0.575. The Hall–Kier alpha value is -1.67. The van der Waals surface area contributed by atoms with Crippen molar-refractivity contribution in [3.8, 4) is 11.1 Å². The van der Waals surface area contributed by atoms with Gasteiger partial charge in [0.15, 0.2) is 0 Å². The van der Waals surface area contributed by atoms with Gasteiger partial charge in [0.1, 0.15) is 5.82 Å². The van der Waals surface area contributed by atoms with Gasteiger partial charge in [-0.1, -0.05) is 42.5 Å². The average Bonchev–Trinajstić information content (AvgIpc) is 2.31. The van der Waals surface area contributed by atoms with Crippen molar-refractivity contribution in [2.45, 2.75) is 6.42 Å². The van der Waals surface area contributed by atoms with Crippen LogP contribution in [0, 0.1) is 5.82 Å². The molecule has 2 N–H and O–H groups in total. The maximum Gasteiger partial charge on any atom is 0.131 e. The summed E-state index contributed by atoms with van der Waals surface area (Å²) < 4.78 is 13.7. The summed E-state index contributed by atoms with van der Waals surface area (Å²) in [5, 5.41) is 0. The molecule has 0 aliphatic carbocycles. The lowest BCUT2D eigenvalue weighted by Gasteiger charge is -2.09. The number of halogens is 1. The molecule has 0 heterocycles. The van der Waals surface area contributed by atoms with Gasteiger partial charge in [0.2, 0.25) is 0 Å². The highest BCUT2D eigenvalue weighted by atomic mass is 19.1. The molecular formula is C14H14FN. The molecule has 0 amide bonds. The van der Waals surface area contributed by atoms with Crippen molar-refractivity contribution in [1.29, 1.82) is 0 Å². The van der Waals surface area contributed by atoms with E-state index >= 15 is 0 Å². The maximum absolute atomic E-state index is 13.7. The molecule has 0 saturated carbocycles. The minimum Gasteiger partial charge on any atom is -0.330 e. The summed E-state index contributed by atoms with van der Waals surface area (Å²) in [6.07, 6.45) is 0.768. The largest absolute Gasteiger partial charge is 0.330 e. The molecule has 0 bridgehead atoms. The Morgan fingerprint density at radius 1 is 0.875 bits per heavy atom. The van der Waals surface area contributed by atoms with Crippen LogP contribution in [0.2, 0.25) is 0 Å². The van der Waals surface area contributed by atoms with Crippen LogP contribution in [0.4, 0.5) is 4.39 Å². The van der Waals surface area contributed by atoms with Gasteiger partial charge in [0, 0.05) is 5.56 Å². The number of hydrogen-bond donors (Lipinski definition) is 1. The van der Waals surface area contributed by atoms with Crippen LogP contribution in [0.15, 0.2) is 48.5 Å². The molecule has 0 aliphatic rings. The Morgan fingerprint density at radius 2 is 1.50 bits per heavy atom.